The number of amides is 1. The molecule has 1 aliphatic heterocycles. The van der Waals surface area contributed by atoms with Crippen LogP contribution in [0.2, 0.25) is 5.02 Å². The van der Waals surface area contributed by atoms with Gasteiger partial charge in [-0.05, 0) is 42.9 Å². The first-order valence-corrected chi connectivity index (χ1v) is 12.7. The molecular formula is C25H29ClN4OS. The van der Waals surface area contributed by atoms with Gasteiger partial charge in [0.05, 0.1) is 16.0 Å². The van der Waals surface area contributed by atoms with Gasteiger partial charge in [0.1, 0.15) is 16.5 Å². The summed E-state index contributed by atoms with van der Waals surface area (Å²) in [6.07, 6.45) is 3.48. The topological polar surface area (TPSA) is 49.3 Å². The second kappa shape index (κ2) is 8.64. The van der Waals surface area contributed by atoms with Crippen molar-refractivity contribution in [2.75, 3.05) is 31.1 Å². The Morgan fingerprint density at radius 1 is 1.16 bits per heavy atom. The van der Waals surface area contributed by atoms with Crippen LogP contribution in [-0.4, -0.2) is 47.0 Å². The summed E-state index contributed by atoms with van der Waals surface area (Å²) in [5.41, 5.74) is 2.04. The van der Waals surface area contributed by atoms with Crippen molar-refractivity contribution in [2.45, 2.75) is 46.0 Å². The van der Waals surface area contributed by atoms with Gasteiger partial charge in [-0.15, -0.1) is 11.3 Å². The lowest BCUT2D eigenvalue weighted by atomic mass is 9.89. The minimum atomic E-state index is 0.00727. The molecule has 5 rings (SSSR count). The van der Waals surface area contributed by atoms with Crippen LogP contribution in [0.25, 0.3) is 10.2 Å². The third kappa shape index (κ3) is 3.88. The first-order valence-electron chi connectivity index (χ1n) is 11.5. The largest absolute Gasteiger partial charge is 0.352 e. The average Bonchev–Trinajstić information content (AvgIpc) is 3.15. The van der Waals surface area contributed by atoms with Crippen molar-refractivity contribution >= 4 is 44.9 Å². The third-order valence-electron chi connectivity index (χ3n) is 6.64. The number of piperazine rings is 1. The Labute approximate surface area is 198 Å². The second-order valence-corrected chi connectivity index (χ2v) is 10.8. The van der Waals surface area contributed by atoms with Gasteiger partial charge in [-0.2, -0.15) is 0 Å². The quantitative estimate of drug-likeness (QED) is 0.505. The Morgan fingerprint density at radius 3 is 2.62 bits per heavy atom. The predicted molar refractivity (Wildman–Crippen MR) is 132 cm³/mol. The molecular weight excluding hydrogens is 440 g/mol. The smallest absolute Gasteiger partial charge is 0.255 e. The van der Waals surface area contributed by atoms with Gasteiger partial charge in [0, 0.05) is 37.0 Å². The Bertz CT molecular complexity index is 1170. The zero-order valence-corrected chi connectivity index (χ0v) is 20.5. The van der Waals surface area contributed by atoms with Crippen molar-refractivity contribution < 1.29 is 4.79 Å². The van der Waals surface area contributed by atoms with E-state index in [4.69, 9.17) is 21.6 Å². The fourth-order valence-corrected chi connectivity index (χ4v) is 6.35. The number of aryl methyl sites for hydroxylation is 1. The van der Waals surface area contributed by atoms with Gasteiger partial charge in [0.2, 0.25) is 0 Å². The molecule has 1 fully saturated rings. The zero-order valence-electron chi connectivity index (χ0n) is 18.9. The molecule has 5 nitrogen and oxygen atoms in total. The molecule has 168 valence electrons. The molecule has 32 heavy (non-hydrogen) atoms. The van der Waals surface area contributed by atoms with Crippen LogP contribution in [0.15, 0.2) is 24.3 Å². The number of anilines is 1. The van der Waals surface area contributed by atoms with Crippen LogP contribution in [-0.2, 0) is 12.8 Å². The molecule has 1 aromatic carbocycles. The summed E-state index contributed by atoms with van der Waals surface area (Å²) < 4.78 is 0. The number of rotatable bonds is 3. The van der Waals surface area contributed by atoms with E-state index >= 15 is 0 Å². The second-order valence-electron chi connectivity index (χ2n) is 9.35. The maximum absolute atomic E-state index is 13.0. The predicted octanol–water partition coefficient (Wildman–Crippen LogP) is 5.56. The van der Waals surface area contributed by atoms with Crippen LogP contribution in [0, 0.1) is 5.92 Å². The van der Waals surface area contributed by atoms with E-state index in [1.807, 2.05) is 28.4 Å². The number of thiophene rings is 1. The van der Waals surface area contributed by atoms with Crippen LogP contribution in [0.5, 0.6) is 0 Å². The van der Waals surface area contributed by atoms with E-state index < -0.39 is 0 Å². The molecule has 7 heteroatoms. The van der Waals surface area contributed by atoms with E-state index in [1.54, 1.807) is 12.1 Å². The van der Waals surface area contributed by atoms with Crippen molar-refractivity contribution in [3.63, 3.8) is 0 Å². The number of carbonyl (C=O) groups excluding carboxylic acids is 1. The van der Waals surface area contributed by atoms with E-state index in [0.717, 1.165) is 48.3 Å². The minimum Gasteiger partial charge on any atom is -0.352 e. The molecule has 0 bridgehead atoms. The lowest BCUT2D eigenvalue weighted by Crippen LogP contribution is -2.49. The molecule has 1 saturated heterocycles. The van der Waals surface area contributed by atoms with E-state index in [2.05, 4.69) is 25.7 Å². The molecule has 0 spiro atoms. The highest BCUT2D eigenvalue weighted by Gasteiger charge is 2.29. The molecule has 1 amide bonds. The Balaban J connectivity index is 1.45. The normalized spacial score (nSPS) is 19.0. The highest BCUT2D eigenvalue weighted by Crippen LogP contribution is 2.41. The molecule has 2 aliphatic rings. The lowest BCUT2D eigenvalue weighted by Gasteiger charge is -2.36. The molecule has 1 aliphatic carbocycles. The molecule has 1 unspecified atom stereocenters. The molecule has 0 saturated carbocycles. The van der Waals surface area contributed by atoms with Crippen LogP contribution in [0.3, 0.4) is 0 Å². The number of benzene rings is 1. The van der Waals surface area contributed by atoms with Crippen LogP contribution < -0.4 is 4.90 Å². The fourth-order valence-electron chi connectivity index (χ4n) is 4.75. The Morgan fingerprint density at radius 2 is 1.91 bits per heavy atom. The summed E-state index contributed by atoms with van der Waals surface area (Å²) in [5, 5.41) is 1.77. The molecule has 0 radical (unpaired) electrons. The van der Waals surface area contributed by atoms with E-state index in [9.17, 15) is 4.79 Å². The van der Waals surface area contributed by atoms with Crippen molar-refractivity contribution in [1.82, 2.24) is 14.9 Å². The Hall–Kier alpha value is -2.18. The molecule has 1 atom stereocenters. The fraction of sp³-hybridized carbons (Fsp3) is 0.480. The van der Waals surface area contributed by atoms with E-state index in [0.29, 0.717) is 23.7 Å². The number of hydrogen-bond acceptors (Lipinski definition) is 5. The number of nitrogens with zero attached hydrogens (tertiary/aromatic N) is 4. The maximum atomic E-state index is 13.0. The SMILES string of the molecule is CC1CCc2c(sc3nc(C(C)C)nc(N4CCN(C(=O)c5ccccc5Cl)CC4)c23)C1. The molecule has 2 aromatic heterocycles. The van der Waals surface area contributed by atoms with Gasteiger partial charge < -0.3 is 9.80 Å². The first-order chi connectivity index (χ1) is 15.4. The average molecular weight is 469 g/mol. The van der Waals surface area contributed by atoms with Gasteiger partial charge in [0.25, 0.3) is 5.91 Å². The van der Waals surface area contributed by atoms with Crippen molar-refractivity contribution in [3.05, 3.63) is 51.1 Å². The minimum absolute atomic E-state index is 0.00727. The highest BCUT2D eigenvalue weighted by molar-refractivity contribution is 7.19. The van der Waals surface area contributed by atoms with Crippen molar-refractivity contribution in [2.24, 2.45) is 5.92 Å². The molecule has 0 N–H and O–H groups in total. The van der Waals surface area contributed by atoms with Crippen LogP contribution in [0.1, 0.15) is 59.7 Å². The zero-order chi connectivity index (χ0) is 22.4. The number of hydrogen-bond donors (Lipinski definition) is 0. The van der Waals surface area contributed by atoms with Crippen molar-refractivity contribution in [1.29, 1.82) is 0 Å². The van der Waals surface area contributed by atoms with Gasteiger partial charge in [-0.25, -0.2) is 9.97 Å². The Kier molecular flexibility index (Phi) is 5.84. The summed E-state index contributed by atoms with van der Waals surface area (Å²) in [5.74, 6) is 2.99. The van der Waals surface area contributed by atoms with Gasteiger partial charge in [-0.3, -0.25) is 4.79 Å². The van der Waals surface area contributed by atoms with Gasteiger partial charge >= 0.3 is 0 Å². The first kappa shape index (κ1) is 21.7. The molecule has 3 aromatic rings. The van der Waals surface area contributed by atoms with Gasteiger partial charge in [0.15, 0.2) is 0 Å². The monoisotopic (exact) mass is 468 g/mol. The summed E-state index contributed by atoms with van der Waals surface area (Å²) in [4.78, 5) is 29.9. The summed E-state index contributed by atoms with van der Waals surface area (Å²) in [6.45, 7) is 9.50. The van der Waals surface area contributed by atoms with Crippen LogP contribution >= 0.6 is 22.9 Å². The lowest BCUT2D eigenvalue weighted by molar-refractivity contribution is 0.0747. The number of halogens is 1. The standard InChI is InChI=1S/C25H29ClN4OS/c1-15(2)22-27-23(21-18-9-8-16(3)14-20(18)32-24(21)28-22)29-10-12-30(13-11-29)25(31)17-6-4-5-7-19(17)26/h4-7,15-16H,8-14H2,1-3H3. The number of carbonyl (C=O) groups is 1. The summed E-state index contributed by atoms with van der Waals surface area (Å²) >= 11 is 8.13. The maximum Gasteiger partial charge on any atom is 0.255 e. The van der Waals surface area contributed by atoms with E-state index in [-0.39, 0.29) is 11.8 Å². The number of aromatic nitrogens is 2. The van der Waals surface area contributed by atoms with Crippen molar-refractivity contribution in [3.8, 4) is 0 Å². The molecule has 3 heterocycles. The highest BCUT2D eigenvalue weighted by atomic mass is 35.5. The van der Waals surface area contributed by atoms with E-state index in [1.165, 1.54) is 22.2 Å². The summed E-state index contributed by atoms with van der Waals surface area (Å²) in [6, 6.07) is 7.29. The van der Waals surface area contributed by atoms with Gasteiger partial charge in [-0.1, -0.05) is 44.5 Å². The number of fused-ring (bicyclic) bond motifs is 3. The van der Waals surface area contributed by atoms with Crippen LogP contribution in [0.4, 0.5) is 5.82 Å². The summed E-state index contributed by atoms with van der Waals surface area (Å²) in [7, 11) is 0. The third-order valence-corrected chi connectivity index (χ3v) is 8.12.